The Kier molecular flexibility index (Phi) is 4.87. The van der Waals surface area contributed by atoms with E-state index in [0.29, 0.717) is 23.6 Å². The number of carbonyl (C=O) groups is 1. The van der Waals surface area contributed by atoms with E-state index in [9.17, 15) is 4.79 Å². The molecular weight excluding hydrogens is 330 g/mol. The second-order valence-electron chi connectivity index (χ2n) is 5.57. The van der Waals surface area contributed by atoms with E-state index in [-0.39, 0.29) is 31.1 Å². The predicted molar refractivity (Wildman–Crippen MR) is 90.7 cm³/mol. The van der Waals surface area contributed by atoms with Crippen molar-refractivity contribution in [1.29, 1.82) is 0 Å². The molecule has 1 aromatic heterocycles. The molecule has 2 aliphatic rings. The zero-order valence-electron chi connectivity index (χ0n) is 13.0. The molecule has 1 atom stereocenters. The monoisotopic (exact) mass is 347 g/mol. The van der Waals surface area contributed by atoms with E-state index in [2.05, 4.69) is 10.3 Å². The van der Waals surface area contributed by atoms with Gasteiger partial charge in [-0.05, 0) is 29.8 Å². The molecule has 0 radical (unpaired) electrons. The molecule has 0 spiro atoms. The maximum atomic E-state index is 13.0. The number of benzene rings is 1. The zero-order valence-corrected chi connectivity index (χ0v) is 13.8. The quantitative estimate of drug-likeness (QED) is 0.900. The van der Waals surface area contributed by atoms with E-state index in [0.717, 1.165) is 18.7 Å². The summed E-state index contributed by atoms with van der Waals surface area (Å²) >= 11 is 0. The van der Waals surface area contributed by atoms with Crippen molar-refractivity contribution >= 4 is 18.3 Å². The van der Waals surface area contributed by atoms with Gasteiger partial charge in [-0.25, -0.2) is 0 Å². The first-order valence-corrected chi connectivity index (χ1v) is 7.64. The Balaban J connectivity index is 0.00000169. The van der Waals surface area contributed by atoms with Crippen LogP contribution in [-0.4, -0.2) is 42.2 Å². The van der Waals surface area contributed by atoms with Crippen LogP contribution in [0, 0.1) is 0 Å². The molecule has 7 heteroatoms. The van der Waals surface area contributed by atoms with Gasteiger partial charge >= 0.3 is 0 Å². The third kappa shape index (κ3) is 3.02. The van der Waals surface area contributed by atoms with Crippen molar-refractivity contribution in [3.8, 4) is 11.5 Å². The van der Waals surface area contributed by atoms with Crippen LogP contribution in [0.1, 0.15) is 22.0 Å². The number of carbonyl (C=O) groups excluding carboxylic acids is 1. The molecule has 3 heterocycles. The molecule has 1 saturated heterocycles. The van der Waals surface area contributed by atoms with Crippen LogP contribution in [0.3, 0.4) is 0 Å². The van der Waals surface area contributed by atoms with E-state index < -0.39 is 0 Å². The molecule has 0 saturated carbocycles. The van der Waals surface area contributed by atoms with Crippen molar-refractivity contribution < 1.29 is 14.3 Å². The minimum absolute atomic E-state index is 0. The number of amides is 1. The highest BCUT2D eigenvalue weighted by molar-refractivity contribution is 5.95. The summed E-state index contributed by atoms with van der Waals surface area (Å²) in [7, 11) is 0. The number of rotatable bonds is 2. The zero-order chi connectivity index (χ0) is 15.6. The molecule has 0 aliphatic carbocycles. The maximum Gasteiger partial charge on any atom is 0.254 e. The lowest BCUT2D eigenvalue weighted by Crippen LogP contribution is -2.48. The average molecular weight is 348 g/mol. The number of aromatic nitrogens is 1. The third-order valence-electron chi connectivity index (χ3n) is 4.19. The summed E-state index contributed by atoms with van der Waals surface area (Å²) in [5.41, 5.74) is 1.65. The molecule has 2 aliphatic heterocycles. The first kappa shape index (κ1) is 16.5. The lowest BCUT2D eigenvalue weighted by Gasteiger charge is -2.36. The number of piperazine rings is 1. The van der Waals surface area contributed by atoms with Crippen molar-refractivity contribution in [3.05, 3.63) is 53.9 Å². The van der Waals surface area contributed by atoms with E-state index in [4.69, 9.17) is 9.47 Å². The first-order chi connectivity index (χ1) is 11.3. The largest absolute Gasteiger partial charge is 0.454 e. The molecular formula is C17H18ClN3O3. The smallest absolute Gasteiger partial charge is 0.254 e. The normalized spacial score (nSPS) is 18.8. The van der Waals surface area contributed by atoms with Crippen LogP contribution in [0.15, 0.2) is 42.7 Å². The fourth-order valence-corrected chi connectivity index (χ4v) is 3.01. The highest BCUT2D eigenvalue weighted by atomic mass is 35.5. The van der Waals surface area contributed by atoms with Crippen LogP contribution >= 0.6 is 12.4 Å². The first-order valence-electron chi connectivity index (χ1n) is 7.64. The fraction of sp³-hybridized carbons (Fsp3) is 0.294. The van der Waals surface area contributed by atoms with Gasteiger partial charge in [0.25, 0.3) is 5.91 Å². The second kappa shape index (κ2) is 7.07. The fourth-order valence-electron chi connectivity index (χ4n) is 3.01. The summed E-state index contributed by atoms with van der Waals surface area (Å²) in [6.45, 7) is 2.38. The van der Waals surface area contributed by atoms with E-state index in [1.165, 1.54) is 0 Å². The van der Waals surface area contributed by atoms with Gasteiger partial charge in [-0.1, -0.05) is 6.07 Å². The van der Waals surface area contributed by atoms with Crippen LogP contribution < -0.4 is 14.8 Å². The van der Waals surface area contributed by atoms with Gasteiger partial charge in [-0.15, -0.1) is 12.4 Å². The molecule has 6 nitrogen and oxygen atoms in total. The minimum Gasteiger partial charge on any atom is -0.454 e. The number of nitrogens with one attached hydrogen (secondary N) is 1. The third-order valence-corrected chi connectivity index (χ3v) is 4.19. The number of hydrogen-bond acceptors (Lipinski definition) is 5. The summed E-state index contributed by atoms with van der Waals surface area (Å²) in [5, 5.41) is 3.34. The van der Waals surface area contributed by atoms with Gasteiger partial charge in [0.15, 0.2) is 11.5 Å². The van der Waals surface area contributed by atoms with Gasteiger partial charge in [-0.3, -0.25) is 9.78 Å². The highest BCUT2D eigenvalue weighted by Gasteiger charge is 2.29. The molecule has 1 unspecified atom stereocenters. The molecule has 24 heavy (non-hydrogen) atoms. The molecule has 1 fully saturated rings. The Morgan fingerprint density at radius 2 is 2.12 bits per heavy atom. The highest BCUT2D eigenvalue weighted by Crippen LogP contribution is 2.33. The minimum atomic E-state index is -0.0182. The Hall–Kier alpha value is -2.31. The molecule has 0 bridgehead atoms. The molecule has 1 amide bonds. The summed E-state index contributed by atoms with van der Waals surface area (Å²) < 4.78 is 10.7. The Morgan fingerprint density at radius 3 is 2.96 bits per heavy atom. The van der Waals surface area contributed by atoms with Crippen LogP contribution in [0.5, 0.6) is 11.5 Å². The van der Waals surface area contributed by atoms with Crippen molar-refractivity contribution in [3.63, 3.8) is 0 Å². The number of halogens is 1. The van der Waals surface area contributed by atoms with Gasteiger partial charge in [0, 0.05) is 37.6 Å². The molecule has 1 aromatic carbocycles. The Labute approximate surface area is 146 Å². The molecule has 1 N–H and O–H groups in total. The van der Waals surface area contributed by atoms with E-state index >= 15 is 0 Å². The van der Waals surface area contributed by atoms with Crippen LogP contribution in [0.25, 0.3) is 0 Å². The SMILES string of the molecule is Cl.O=C(c1ccc2c(c1)OCO2)N1CCNCC1c1cccnc1. The van der Waals surface area contributed by atoms with Crippen molar-refractivity contribution in [1.82, 2.24) is 15.2 Å². The molecule has 126 valence electrons. The van der Waals surface area contributed by atoms with Gasteiger partial charge in [0.1, 0.15) is 0 Å². The summed E-state index contributed by atoms with van der Waals surface area (Å²) in [4.78, 5) is 19.0. The van der Waals surface area contributed by atoms with Gasteiger partial charge in [0.05, 0.1) is 6.04 Å². The number of ether oxygens (including phenoxy) is 2. The van der Waals surface area contributed by atoms with E-state index in [1.807, 2.05) is 23.2 Å². The van der Waals surface area contributed by atoms with Gasteiger partial charge in [0.2, 0.25) is 6.79 Å². The van der Waals surface area contributed by atoms with Crippen LogP contribution in [0.2, 0.25) is 0 Å². The van der Waals surface area contributed by atoms with Gasteiger partial charge < -0.3 is 19.7 Å². The van der Waals surface area contributed by atoms with Gasteiger partial charge in [-0.2, -0.15) is 0 Å². The summed E-state index contributed by atoms with van der Waals surface area (Å²) in [5.74, 6) is 1.31. The lowest BCUT2D eigenvalue weighted by atomic mass is 10.0. The number of fused-ring (bicyclic) bond motifs is 1. The topological polar surface area (TPSA) is 63.7 Å². The number of hydrogen-bond donors (Lipinski definition) is 1. The van der Waals surface area contributed by atoms with Crippen LogP contribution in [-0.2, 0) is 0 Å². The van der Waals surface area contributed by atoms with Crippen molar-refractivity contribution in [2.45, 2.75) is 6.04 Å². The molecule has 4 rings (SSSR count). The Morgan fingerprint density at radius 1 is 1.25 bits per heavy atom. The average Bonchev–Trinajstić information content (AvgIpc) is 3.09. The predicted octanol–water partition coefficient (Wildman–Crippen LogP) is 2.02. The number of pyridine rings is 1. The second-order valence-corrected chi connectivity index (χ2v) is 5.57. The maximum absolute atomic E-state index is 13.0. The van der Waals surface area contributed by atoms with Crippen molar-refractivity contribution in [2.24, 2.45) is 0 Å². The number of nitrogens with zero attached hydrogens (tertiary/aromatic N) is 2. The summed E-state index contributed by atoms with van der Waals surface area (Å²) in [6.07, 6.45) is 3.56. The standard InChI is InChI=1S/C17H17N3O3.ClH/c21-17(12-3-4-15-16(8-12)23-11-22-15)20-7-6-19-10-14(20)13-2-1-5-18-9-13;/h1-5,8-9,14,19H,6-7,10-11H2;1H. The van der Waals surface area contributed by atoms with Crippen LogP contribution in [0.4, 0.5) is 0 Å². The Bertz CT molecular complexity index is 726. The molecule has 2 aromatic rings. The van der Waals surface area contributed by atoms with E-state index in [1.54, 1.807) is 24.4 Å². The van der Waals surface area contributed by atoms with Crippen molar-refractivity contribution in [2.75, 3.05) is 26.4 Å². The lowest BCUT2D eigenvalue weighted by molar-refractivity contribution is 0.0633. The summed E-state index contributed by atoms with van der Waals surface area (Å²) in [6, 6.07) is 9.22.